The van der Waals surface area contributed by atoms with Crippen molar-refractivity contribution in [2.24, 2.45) is 11.0 Å². The number of piperidine rings is 1. The van der Waals surface area contributed by atoms with Crippen LogP contribution in [0.1, 0.15) is 19.3 Å². The maximum Gasteiger partial charge on any atom is 0.258 e. The van der Waals surface area contributed by atoms with Crippen molar-refractivity contribution in [3.05, 3.63) is 12.1 Å². The predicted molar refractivity (Wildman–Crippen MR) is 113 cm³/mol. The smallest absolute Gasteiger partial charge is 0.258 e. The maximum atomic E-state index is 13.2. The molecule has 3 heterocycles. The van der Waals surface area contributed by atoms with Crippen LogP contribution in [0.5, 0.6) is 0 Å². The molecule has 7 N–H and O–H groups in total. The molecule has 17 heteroatoms. The minimum absolute atomic E-state index is 0.0358. The molecule has 1 aromatic carbocycles. The summed E-state index contributed by atoms with van der Waals surface area (Å²) in [6.07, 6.45) is 0.453. The van der Waals surface area contributed by atoms with Crippen molar-refractivity contribution in [3.63, 3.8) is 0 Å². The number of carbonyl (C=O) groups excluding carboxylic acids is 1. The van der Waals surface area contributed by atoms with E-state index in [0.29, 0.717) is 32.4 Å². The highest BCUT2D eigenvalue weighted by atomic mass is 32.2. The SMILES string of the molecule is NOC1CCCN(c2ccc(S(=O)(=O)NC3CCNC3)c(S(N)(=O)=O)c2-c2nn[nH]n2)C1=O. The Morgan fingerprint density at radius 1 is 1.21 bits per heavy atom. The Hall–Kier alpha value is -2.54. The number of nitrogens with one attached hydrogen (secondary N) is 3. The van der Waals surface area contributed by atoms with Crippen molar-refractivity contribution >= 4 is 31.6 Å². The van der Waals surface area contributed by atoms with E-state index < -0.39 is 47.9 Å². The standard InChI is InChI=1S/C16H23N9O6S2/c17-31-11-2-1-7-25(16(11)26)10-3-4-12(33(29,30)22-9-5-6-19-8-9)14(32(18,27)28)13(10)15-20-23-24-21-15/h3-4,9,11,19,22H,1-2,5-8,17H2,(H2,18,27,28)(H,20,21,23,24). The van der Waals surface area contributed by atoms with Gasteiger partial charge in [0.15, 0.2) is 6.10 Å². The van der Waals surface area contributed by atoms with Crippen LogP contribution in [-0.4, -0.2) is 75.1 Å². The minimum Gasteiger partial charge on any atom is -0.315 e. The van der Waals surface area contributed by atoms with Gasteiger partial charge in [0.2, 0.25) is 25.9 Å². The molecule has 1 amide bonds. The zero-order chi connectivity index (χ0) is 23.8. The number of aromatic amines is 1. The molecule has 0 radical (unpaired) electrons. The van der Waals surface area contributed by atoms with Gasteiger partial charge in [-0.1, -0.05) is 0 Å². The second-order valence-corrected chi connectivity index (χ2v) is 10.8. The van der Waals surface area contributed by atoms with Gasteiger partial charge in [-0.25, -0.2) is 32.6 Å². The largest absolute Gasteiger partial charge is 0.315 e. The van der Waals surface area contributed by atoms with Crippen molar-refractivity contribution in [1.29, 1.82) is 0 Å². The molecule has 0 aliphatic carbocycles. The van der Waals surface area contributed by atoms with Crippen LogP contribution in [0.15, 0.2) is 21.9 Å². The number of hydrogen-bond donors (Lipinski definition) is 5. The fraction of sp³-hybridized carbons (Fsp3) is 0.500. The Morgan fingerprint density at radius 2 is 2.00 bits per heavy atom. The lowest BCUT2D eigenvalue weighted by Crippen LogP contribution is -2.47. The molecule has 0 saturated carbocycles. The van der Waals surface area contributed by atoms with Crippen LogP contribution in [0.25, 0.3) is 11.4 Å². The van der Waals surface area contributed by atoms with E-state index in [1.54, 1.807) is 0 Å². The van der Waals surface area contributed by atoms with Gasteiger partial charge >= 0.3 is 0 Å². The summed E-state index contributed by atoms with van der Waals surface area (Å²) in [6, 6.07) is 1.96. The summed E-state index contributed by atoms with van der Waals surface area (Å²) in [4.78, 5) is 17.5. The summed E-state index contributed by atoms with van der Waals surface area (Å²) in [5.41, 5.74) is -0.238. The highest BCUT2D eigenvalue weighted by Crippen LogP contribution is 2.39. The Labute approximate surface area is 189 Å². The molecule has 2 aromatic rings. The number of anilines is 1. The average molecular weight is 502 g/mol. The van der Waals surface area contributed by atoms with Gasteiger partial charge in [0.1, 0.15) is 9.79 Å². The van der Waals surface area contributed by atoms with E-state index in [1.807, 2.05) is 0 Å². The summed E-state index contributed by atoms with van der Waals surface area (Å²) >= 11 is 0. The lowest BCUT2D eigenvalue weighted by Gasteiger charge is -2.32. The van der Waals surface area contributed by atoms with Crippen LogP contribution in [0, 0.1) is 0 Å². The predicted octanol–water partition coefficient (Wildman–Crippen LogP) is -2.46. The molecule has 2 aliphatic heterocycles. The zero-order valence-corrected chi connectivity index (χ0v) is 18.9. The van der Waals surface area contributed by atoms with Gasteiger partial charge in [0.25, 0.3) is 5.91 Å². The first-order valence-electron chi connectivity index (χ1n) is 9.97. The third-order valence-electron chi connectivity index (χ3n) is 5.47. The number of tetrazole rings is 1. The number of hydrogen-bond acceptors (Lipinski definition) is 11. The molecule has 0 spiro atoms. The first-order valence-corrected chi connectivity index (χ1v) is 13.0. The number of aromatic nitrogens is 4. The van der Waals surface area contributed by atoms with Crippen molar-refractivity contribution in [2.45, 2.75) is 41.2 Å². The van der Waals surface area contributed by atoms with Crippen LogP contribution >= 0.6 is 0 Å². The molecule has 2 fully saturated rings. The van der Waals surface area contributed by atoms with Gasteiger partial charge in [-0.05, 0) is 43.2 Å². The first kappa shape index (κ1) is 23.6. The normalized spacial score (nSPS) is 22.1. The van der Waals surface area contributed by atoms with E-state index in [2.05, 4.69) is 30.7 Å². The quantitative estimate of drug-likeness (QED) is 0.250. The fourth-order valence-corrected chi connectivity index (χ4v) is 6.87. The minimum atomic E-state index is -4.66. The maximum absolute atomic E-state index is 13.2. The molecule has 2 aliphatic rings. The molecule has 33 heavy (non-hydrogen) atoms. The number of rotatable bonds is 7. The van der Waals surface area contributed by atoms with Crippen LogP contribution in [0.4, 0.5) is 5.69 Å². The Balaban J connectivity index is 1.94. The molecule has 4 rings (SSSR count). The van der Waals surface area contributed by atoms with E-state index in [9.17, 15) is 21.6 Å². The lowest BCUT2D eigenvalue weighted by molar-refractivity contribution is -0.132. The van der Waals surface area contributed by atoms with Crippen LogP contribution < -0.4 is 26.0 Å². The highest BCUT2D eigenvalue weighted by Gasteiger charge is 2.38. The number of nitrogens with zero attached hydrogens (tertiary/aromatic N) is 4. The molecule has 2 atom stereocenters. The molecule has 15 nitrogen and oxygen atoms in total. The average Bonchev–Trinajstić information content (AvgIpc) is 3.46. The number of primary sulfonamides is 1. The monoisotopic (exact) mass is 501 g/mol. The third-order valence-corrected chi connectivity index (χ3v) is 8.15. The molecule has 180 valence electrons. The highest BCUT2D eigenvalue weighted by molar-refractivity contribution is 7.92. The van der Waals surface area contributed by atoms with Crippen LogP contribution in [-0.2, 0) is 29.7 Å². The van der Waals surface area contributed by atoms with E-state index in [0.717, 1.165) is 6.07 Å². The van der Waals surface area contributed by atoms with Crippen molar-refractivity contribution < 1.29 is 26.5 Å². The number of benzene rings is 1. The summed E-state index contributed by atoms with van der Waals surface area (Å²) in [5.74, 6) is 4.45. The second kappa shape index (κ2) is 9.01. The van der Waals surface area contributed by atoms with E-state index in [-0.39, 0.29) is 23.6 Å². The number of nitrogens with two attached hydrogens (primary N) is 2. The van der Waals surface area contributed by atoms with Gasteiger partial charge in [-0.15, -0.1) is 10.2 Å². The Kier molecular flexibility index (Phi) is 6.45. The number of carbonyl (C=O) groups is 1. The Morgan fingerprint density at radius 3 is 2.61 bits per heavy atom. The number of amides is 1. The van der Waals surface area contributed by atoms with Gasteiger partial charge in [0.05, 0.1) is 11.3 Å². The van der Waals surface area contributed by atoms with E-state index >= 15 is 0 Å². The molecular weight excluding hydrogens is 478 g/mol. The fourth-order valence-electron chi connectivity index (χ4n) is 4.00. The molecule has 0 bridgehead atoms. The Bertz CT molecular complexity index is 1240. The summed E-state index contributed by atoms with van der Waals surface area (Å²) in [5, 5.41) is 21.8. The van der Waals surface area contributed by atoms with Gasteiger partial charge in [0, 0.05) is 19.1 Å². The molecular formula is C16H23N9O6S2. The lowest BCUT2D eigenvalue weighted by atomic mass is 10.0. The number of sulfonamides is 2. The van der Waals surface area contributed by atoms with E-state index in [1.165, 1.54) is 11.0 Å². The van der Waals surface area contributed by atoms with Crippen molar-refractivity contribution in [3.8, 4) is 11.4 Å². The van der Waals surface area contributed by atoms with Crippen molar-refractivity contribution in [1.82, 2.24) is 30.7 Å². The van der Waals surface area contributed by atoms with Gasteiger partial charge in [-0.3, -0.25) is 9.63 Å². The molecule has 1 aromatic heterocycles. The summed E-state index contributed by atoms with van der Waals surface area (Å²) < 4.78 is 54.3. The summed E-state index contributed by atoms with van der Waals surface area (Å²) in [6.45, 7) is 1.21. The first-order chi connectivity index (χ1) is 15.6. The van der Waals surface area contributed by atoms with Crippen LogP contribution in [0.2, 0.25) is 0 Å². The molecule has 2 unspecified atom stereocenters. The summed E-state index contributed by atoms with van der Waals surface area (Å²) in [7, 11) is -8.99. The second-order valence-electron chi connectivity index (χ2n) is 7.64. The van der Waals surface area contributed by atoms with Crippen LogP contribution in [0.3, 0.4) is 0 Å². The number of H-pyrrole nitrogens is 1. The third kappa shape index (κ3) is 4.60. The van der Waals surface area contributed by atoms with Gasteiger partial charge in [-0.2, -0.15) is 5.21 Å². The van der Waals surface area contributed by atoms with E-state index in [4.69, 9.17) is 15.9 Å². The van der Waals surface area contributed by atoms with Crippen molar-refractivity contribution in [2.75, 3.05) is 24.5 Å². The van der Waals surface area contributed by atoms with Gasteiger partial charge < -0.3 is 10.2 Å². The molecule has 2 saturated heterocycles. The topological polar surface area (TPSA) is 228 Å². The zero-order valence-electron chi connectivity index (χ0n) is 17.3.